The fraction of sp³-hybridized carbons (Fsp3) is 0.778. The molecule has 0 rings (SSSR count). The van der Waals surface area contributed by atoms with Gasteiger partial charge in [0.2, 0.25) is 8.32 Å². The van der Waals surface area contributed by atoms with Gasteiger partial charge < -0.3 is 4.43 Å². The quantitative estimate of drug-likeness (QED) is 0.455. The zero-order chi connectivity index (χ0) is 8.74. The van der Waals surface area contributed by atoms with E-state index in [1.54, 1.807) is 0 Å². The van der Waals surface area contributed by atoms with Gasteiger partial charge in [0.25, 0.3) is 0 Å². The van der Waals surface area contributed by atoms with Crippen molar-refractivity contribution in [1.82, 2.24) is 0 Å². The third-order valence-corrected chi connectivity index (χ3v) is 3.99. The van der Waals surface area contributed by atoms with Crippen LogP contribution in [0, 0.1) is 0 Å². The lowest BCUT2D eigenvalue weighted by molar-refractivity contribution is 0.467. The summed E-state index contributed by atoms with van der Waals surface area (Å²) in [5.41, 5.74) is 0. The lowest BCUT2D eigenvalue weighted by Crippen LogP contribution is -2.27. The summed E-state index contributed by atoms with van der Waals surface area (Å²) in [6.07, 6.45) is 6.37. The number of unbranched alkanes of at least 4 members (excludes halogenated alkanes) is 1. The van der Waals surface area contributed by atoms with E-state index >= 15 is 0 Å². The van der Waals surface area contributed by atoms with E-state index in [0.29, 0.717) is 0 Å². The molecular formula is C9H20OSi. The molecule has 1 nitrogen and oxygen atoms in total. The van der Waals surface area contributed by atoms with E-state index in [1.807, 2.05) is 19.3 Å². The first-order valence-corrected chi connectivity index (χ1v) is 7.53. The van der Waals surface area contributed by atoms with Gasteiger partial charge in [0, 0.05) is 0 Å². The summed E-state index contributed by atoms with van der Waals surface area (Å²) in [6, 6.07) is 1.27. The molecular weight excluding hydrogens is 152 g/mol. The fourth-order valence-corrected chi connectivity index (χ4v) is 2.74. The standard InChI is InChI=1S/C9H20OSi/c1-5-7-9-11(3,4)10-8-6-2/h6,8H,5,7,9H2,1-4H3/b8-6-. The van der Waals surface area contributed by atoms with E-state index in [2.05, 4.69) is 20.0 Å². The number of hydrogen-bond acceptors (Lipinski definition) is 1. The third kappa shape index (κ3) is 6.17. The van der Waals surface area contributed by atoms with Crippen LogP contribution in [0.4, 0.5) is 0 Å². The lowest BCUT2D eigenvalue weighted by atomic mass is 10.4. The zero-order valence-corrected chi connectivity index (χ0v) is 9.18. The smallest absolute Gasteiger partial charge is 0.244 e. The van der Waals surface area contributed by atoms with Crippen molar-refractivity contribution < 1.29 is 4.43 Å². The van der Waals surface area contributed by atoms with Gasteiger partial charge in [-0.05, 0) is 26.1 Å². The van der Waals surface area contributed by atoms with Gasteiger partial charge in [-0.2, -0.15) is 0 Å². The largest absolute Gasteiger partial charge is 0.550 e. The highest BCUT2D eigenvalue weighted by atomic mass is 28.4. The minimum atomic E-state index is -1.33. The second-order valence-corrected chi connectivity index (χ2v) is 7.71. The van der Waals surface area contributed by atoms with Crippen molar-refractivity contribution in [2.45, 2.75) is 45.8 Å². The number of rotatable bonds is 5. The first-order valence-electron chi connectivity index (χ1n) is 4.41. The Balaban J connectivity index is 3.60. The van der Waals surface area contributed by atoms with E-state index in [4.69, 9.17) is 4.43 Å². The highest BCUT2D eigenvalue weighted by Gasteiger charge is 2.20. The van der Waals surface area contributed by atoms with Crippen molar-refractivity contribution in [3.63, 3.8) is 0 Å². The van der Waals surface area contributed by atoms with E-state index in [-0.39, 0.29) is 0 Å². The molecule has 0 N–H and O–H groups in total. The van der Waals surface area contributed by atoms with E-state index in [9.17, 15) is 0 Å². The van der Waals surface area contributed by atoms with E-state index < -0.39 is 8.32 Å². The van der Waals surface area contributed by atoms with Gasteiger partial charge in [-0.1, -0.05) is 25.8 Å². The van der Waals surface area contributed by atoms with Crippen LogP contribution in [-0.4, -0.2) is 8.32 Å². The van der Waals surface area contributed by atoms with Gasteiger partial charge in [0.15, 0.2) is 0 Å². The Bertz CT molecular complexity index is 119. The molecule has 66 valence electrons. The average Bonchev–Trinajstić information content (AvgIpc) is 1.97. The van der Waals surface area contributed by atoms with Gasteiger partial charge in [0.05, 0.1) is 6.26 Å². The molecule has 0 radical (unpaired) electrons. The second kappa shape index (κ2) is 5.41. The Labute approximate surface area is 71.6 Å². The first kappa shape index (κ1) is 10.8. The molecule has 0 aromatic rings. The summed E-state index contributed by atoms with van der Waals surface area (Å²) in [5.74, 6) is 0. The third-order valence-electron chi connectivity index (χ3n) is 1.66. The van der Waals surface area contributed by atoms with Crippen molar-refractivity contribution in [3.05, 3.63) is 12.3 Å². The van der Waals surface area contributed by atoms with Gasteiger partial charge >= 0.3 is 0 Å². The summed E-state index contributed by atoms with van der Waals surface area (Å²) in [4.78, 5) is 0. The van der Waals surface area contributed by atoms with Gasteiger partial charge in [-0.3, -0.25) is 0 Å². The summed E-state index contributed by atoms with van der Waals surface area (Å²) < 4.78 is 5.64. The molecule has 0 spiro atoms. The maximum Gasteiger partial charge on any atom is 0.244 e. The van der Waals surface area contributed by atoms with Crippen LogP contribution in [0.5, 0.6) is 0 Å². The van der Waals surface area contributed by atoms with Gasteiger partial charge in [-0.15, -0.1) is 0 Å². The van der Waals surface area contributed by atoms with Crippen molar-refractivity contribution in [3.8, 4) is 0 Å². The Hall–Kier alpha value is -0.243. The lowest BCUT2D eigenvalue weighted by Gasteiger charge is -2.20. The Kier molecular flexibility index (Phi) is 5.29. The minimum Gasteiger partial charge on any atom is -0.550 e. The average molecular weight is 172 g/mol. The Morgan fingerprint density at radius 3 is 2.45 bits per heavy atom. The van der Waals surface area contributed by atoms with Crippen LogP contribution < -0.4 is 0 Å². The topological polar surface area (TPSA) is 9.23 Å². The Morgan fingerprint density at radius 1 is 1.36 bits per heavy atom. The molecule has 0 aromatic carbocycles. The predicted octanol–water partition coefficient (Wildman–Crippen LogP) is 3.54. The van der Waals surface area contributed by atoms with Crippen molar-refractivity contribution >= 4 is 8.32 Å². The number of allylic oxidation sites excluding steroid dienone is 1. The predicted molar refractivity (Wildman–Crippen MR) is 53.1 cm³/mol. The van der Waals surface area contributed by atoms with Gasteiger partial charge in [-0.25, -0.2) is 0 Å². The number of hydrogen-bond donors (Lipinski definition) is 0. The molecule has 0 saturated heterocycles. The highest BCUT2D eigenvalue weighted by Crippen LogP contribution is 2.14. The van der Waals surface area contributed by atoms with E-state index in [0.717, 1.165) is 0 Å². The van der Waals surface area contributed by atoms with Crippen LogP contribution in [-0.2, 0) is 4.43 Å². The normalized spacial score (nSPS) is 12.4. The van der Waals surface area contributed by atoms with Crippen molar-refractivity contribution in [2.24, 2.45) is 0 Å². The molecule has 0 aliphatic heterocycles. The minimum absolute atomic E-state index is 1.27. The molecule has 0 fully saturated rings. The van der Waals surface area contributed by atoms with Crippen LogP contribution in [0.2, 0.25) is 19.1 Å². The molecule has 0 unspecified atom stereocenters. The SMILES string of the molecule is C/C=C\O[Si](C)(C)CCCC. The van der Waals surface area contributed by atoms with Gasteiger partial charge in [0.1, 0.15) is 0 Å². The first-order chi connectivity index (χ1) is 5.12. The Morgan fingerprint density at radius 2 is 2.00 bits per heavy atom. The molecule has 0 amide bonds. The molecule has 0 aliphatic carbocycles. The summed E-state index contributed by atoms with van der Waals surface area (Å²) in [5, 5.41) is 0. The second-order valence-electron chi connectivity index (χ2n) is 3.45. The van der Waals surface area contributed by atoms with Crippen molar-refractivity contribution in [1.29, 1.82) is 0 Å². The highest BCUT2D eigenvalue weighted by molar-refractivity contribution is 6.71. The van der Waals surface area contributed by atoms with E-state index in [1.165, 1.54) is 18.9 Å². The maximum absolute atomic E-state index is 5.64. The maximum atomic E-state index is 5.64. The molecule has 0 atom stereocenters. The van der Waals surface area contributed by atoms with Crippen molar-refractivity contribution in [2.75, 3.05) is 0 Å². The molecule has 11 heavy (non-hydrogen) atoms. The van der Waals surface area contributed by atoms with Crippen LogP contribution in [0.25, 0.3) is 0 Å². The molecule has 0 heterocycles. The summed E-state index contributed by atoms with van der Waals surface area (Å²) in [7, 11) is -1.33. The van der Waals surface area contributed by atoms with Crippen LogP contribution in [0.3, 0.4) is 0 Å². The molecule has 0 aliphatic rings. The zero-order valence-electron chi connectivity index (χ0n) is 8.18. The molecule has 0 aromatic heterocycles. The monoisotopic (exact) mass is 172 g/mol. The van der Waals surface area contributed by atoms with Crippen LogP contribution >= 0.6 is 0 Å². The molecule has 2 heteroatoms. The fourth-order valence-electron chi connectivity index (χ4n) is 0.914. The molecule has 0 saturated carbocycles. The van der Waals surface area contributed by atoms with Crippen LogP contribution in [0.15, 0.2) is 12.3 Å². The summed E-state index contributed by atoms with van der Waals surface area (Å²) >= 11 is 0. The molecule has 0 bridgehead atoms. The van der Waals surface area contributed by atoms with Crippen LogP contribution in [0.1, 0.15) is 26.7 Å². The summed E-state index contributed by atoms with van der Waals surface area (Å²) in [6.45, 7) is 8.75.